The van der Waals surface area contributed by atoms with Crippen molar-refractivity contribution in [3.8, 4) is 5.75 Å². The summed E-state index contributed by atoms with van der Waals surface area (Å²) in [6.07, 6.45) is 2.65. The summed E-state index contributed by atoms with van der Waals surface area (Å²) >= 11 is 0. The molecule has 1 N–H and O–H groups in total. The Balaban J connectivity index is 1.84. The SMILES string of the molecule is CCCCN1CC(=O)N2CCc3c([nH]c4ccc(OC)cc34)C2(C)C1=O. The molecule has 1 saturated heterocycles. The molecule has 138 valence electrons. The molecule has 26 heavy (non-hydrogen) atoms. The molecule has 2 aliphatic rings. The number of aromatic amines is 1. The van der Waals surface area contributed by atoms with E-state index < -0.39 is 5.54 Å². The van der Waals surface area contributed by atoms with Crippen molar-refractivity contribution in [3.63, 3.8) is 0 Å². The number of ether oxygens (including phenoxy) is 1. The van der Waals surface area contributed by atoms with Gasteiger partial charge in [0.15, 0.2) is 5.54 Å². The van der Waals surface area contributed by atoms with Crippen molar-refractivity contribution in [2.45, 2.75) is 38.6 Å². The second-order valence-electron chi connectivity index (χ2n) is 7.34. The van der Waals surface area contributed by atoms with E-state index in [-0.39, 0.29) is 18.4 Å². The zero-order valence-corrected chi connectivity index (χ0v) is 15.6. The second kappa shape index (κ2) is 6.04. The van der Waals surface area contributed by atoms with Crippen LogP contribution in [0.3, 0.4) is 0 Å². The van der Waals surface area contributed by atoms with E-state index in [0.29, 0.717) is 13.1 Å². The van der Waals surface area contributed by atoms with Gasteiger partial charge in [-0.3, -0.25) is 9.59 Å². The van der Waals surface area contributed by atoms with Gasteiger partial charge in [0.05, 0.1) is 19.3 Å². The maximum atomic E-state index is 13.4. The maximum absolute atomic E-state index is 13.4. The first kappa shape index (κ1) is 16.9. The van der Waals surface area contributed by atoms with Crippen LogP contribution >= 0.6 is 0 Å². The third-order valence-electron chi connectivity index (χ3n) is 5.84. The van der Waals surface area contributed by atoms with Crippen LogP contribution in [0.2, 0.25) is 0 Å². The summed E-state index contributed by atoms with van der Waals surface area (Å²) in [6.45, 7) is 5.37. The molecule has 1 aromatic carbocycles. The van der Waals surface area contributed by atoms with Crippen LogP contribution in [0.1, 0.15) is 37.9 Å². The van der Waals surface area contributed by atoms with E-state index in [2.05, 4.69) is 11.9 Å². The fourth-order valence-electron chi connectivity index (χ4n) is 4.37. The van der Waals surface area contributed by atoms with Gasteiger partial charge in [-0.1, -0.05) is 13.3 Å². The molecule has 0 aliphatic carbocycles. The normalized spacial score (nSPS) is 22.6. The summed E-state index contributed by atoms with van der Waals surface area (Å²) in [7, 11) is 1.65. The Morgan fingerprint density at radius 2 is 2.12 bits per heavy atom. The van der Waals surface area contributed by atoms with Crippen LogP contribution in [-0.4, -0.2) is 53.3 Å². The van der Waals surface area contributed by atoms with Crippen molar-refractivity contribution >= 4 is 22.7 Å². The van der Waals surface area contributed by atoms with Crippen molar-refractivity contribution in [2.75, 3.05) is 26.7 Å². The summed E-state index contributed by atoms with van der Waals surface area (Å²) < 4.78 is 5.36. The highest BCUT2D eigenvalue weighted by Gasteiger charge is 2.53. The molecule has 1 atom stereocenters. The Kier molecular flexibility index (Phi) is 3.93. The van der Waals surface area contributed by atoms with Crippen LogP contribution in [0.4, 0.5) is 0 Å². The highest BCUT2D eigenvalue weighted by Crippen LogP contribution is 2.42. The van der Waals surface area contributed by atoms with Gasteiger partial charge in [-0.2, -0.15) is 0 Å². The number of rotatable bonds is 4. The first-order valence-electron chi connectivity index (χ1n) is 9.29. The van der Waals surface area contributed by atoms with Gasteiger partial charge in [-0.05, 0) is 43.5 Å². The van der Waals surface area contributed by atoms with Crippen LogP contribution in [0, 0.1) is 0 Å². The number of nitrogens with zero attached hydrogens (tertiary/aromatic N) is 2. The number of benzene rings is 1. The number of carbonyl (C=O) groups is 2. The van der Waals surface area contributed by atoms with Gasteiger partial charge < -0.3 is 19.5 Å². The van der Waals surface area contributed by atoms with Crippen molar-refractivity contribution in [1.82, 2.24) is 14.8 Å². The molecular formula is C20H25N3O3. The number of hydrogen-bond acceptors (Lipinski definition) is 3. The zero-order chi connectivity index (χ0) is 18.5. The molecule has 0 bridgehead atoms. The lowest BCUT2D eigenvalue weighted by atomic mass is 9.83. The zero-order valence-electron chi connectivity index (χ0n) is 15.6. The molecular weight excluding hydrogens is 330 g/mol. The summed E-state index contributed by atoms with van der Waals surface area (Å²) in [5, 5.41) is 1.08. The smallest absolute Gasteiger partial charge is 0.254 e. The number of unbranched alkanes of at least 4 members (excludes halogenated alkanes) is 1. The van der Waals surface area contributed by atoms with Crippen LogP contribution < -0.4 is 4.74 Å². The summed E-state index contributed by atoms with van der Waals surface area (Å²) in [5.74, 6) is 0.845. The Hall–Kier alpha value is -2.50. The fourth-order valence-corrected chi connectivity index (χ4v) is 4.37. The molecule has 0 saturated carbocycles. The minimum Gasteiger partial charge on any atom is -0.497 e. The molecule has 4 rings (SSSR count). The number of methoxy groups -OCH3 is 1. The molecule has 3 heterocycles. The summed E-state index contributed by atoms with van der Waals surface area (Å²) in [4.78, 5) is 33.1. The fraction of sp³-hybridized carbons (Fsp3) is 0.500. The number of H-pyrrole nitrogens is 1. The Labute approximate surface area is 153 Å². The van der Waals surface area contributed by atoms with E-state index in [9.17, 15) is 9.59 Å². The number of aromatic nitrogens is 1. The molecule has 2 aliphatic heterocycles. The summed E-state index contributed by atoms with van der Waals surface area (Å²) in [6, 6.07) is 5.89. The van der Waals surface area contributed by atoms with Crippen LogP contribution in [0.5, 0.6) is 5.75 Å². The van der Waals surface area contributed by atoms with Crippen LogP contribution in [0.15, 0.2) is 18.2 Å². The first-order chi connectivity index (χ1) is 12.5. The second-order valence-corrected chi connectivity index (χ2v) is 7.34. The van der Waals surface area contributed by atoms with Gasteiger partial charge in [0.1, 0.15) is 5.75 Å². The molecule has 1 fully saturated rings. The standard InChI is InChI=1S/C20H25N3O3/c1-4-5-9-22-12-17(24)23-10-8-14-15-11-13(26-3)6-7-16(15)21-18(14)20(23,2)19(22)25/h6-7,11,21H,4-5,8-10,12H2,1-3H3. The highest BCUT2D eigenvalue weighted by molar-refractivity contribution is 6.00. The van der Waals surface area contributed by atoms with Gasteiger partial charge in [0, 0.05) is 24.0 Å². The van der Waals surface area contributed by atoms with Crippen LogP contribution in [0.25, 0.3) is 10.9 Å². The van der Waals surface area contributed by atoms with Crippen molar-refractivity contribution < 1.29 is 14.3 Å². The molecule has 1 unspecified atom stereocenters. The van der Waals surface area contributed by atoms with Gasteiger partial charge in [-0.25, -0.2) is 0 Å². The van der Waals surface area contributed by atoms with E-state index in [1.165, 1.54) is 0 Å². The van der Waals surface area contributed by atoms with E-state index in [1.807, 2.05) is 25.1 Å². The van der Waals surface area contributed by atoms with Crippen molar-refractivity contribution in [3.05, 3.63) is 29.5 Å². The third-order valence-corrected chi connectivity index (χ3v) is 5.84. The van der Waals surface area contributed by atoms with Gasteiger partial charge in [0.25, 0.3) is 5.91 Å². The molecule has 6 heteroatoms. The quantitative estimate of drug-likeness (QED) is 0.916. The summed E-state index contributed by atoms with van der Waals surface area (Å²) in [5.41, 5.74) is 2.00. The van der Waals surface area contributed by atoms with Crippen molar-refractivity contribution in [2.24, 2.45) is 0 Å². The molecule has 2 amide bonds. The maximum Gasteiger partial charge on any atom is 0.254 e. The Bertz CT molecular complexity index is 888. The highest BCUT2D eigenvalue weighted by atomic mass is 16.5. The Morgan fingerprint density at radius 1 is 1.31 bits per heavy atom. The van der Waals surface area contributed by atoms with E-state index in [1.54, 1.807) is 16.9 Å². The number of fused-ring (bicyclic) bond motifs is 5. The third kappa shape index (κ3) is 2.24. The molecule has 0 spiro atoms. The van der Waals surface area contributed by atoms with Gasteiger partial charge in [0.2, 0.25) is 5.91 Å². The minimum atomic E-state index is -0.955. The number of nitrogens with one attached hydrogen (secondary N) is 1. The minimum absolute atomic E-state index is 0.0185. The van der Waals surface area contributed by atoms with Gasteiger partial charge in [-0.15, -0.1) is 0 Å². The lowest BCUT2D eigenvalue weighted by molar-refractivity contribution is -0.166. The topological polar surface area (TPSA) is 65.6 Å². The average Bonchev–Trinajstić information content (AvgIpc) is 3.02. The Morgan fingerprint density at radius 3 is 2.85 bits per heavy atom. The number of piperazine rings is 1. The monoisotopic (exact) mass is 355 g/mol. The largest absolute Gasteiger partial charge is 0.497 e. The van der Waals surface area contributed by atoms with Crippen molar-refractivity contribution in [1.29, 1.82) is 0 Å². The predicted octanol–water partition coefficient (Wildman–Crippen LogP) is 2.42. The predicted molar refractivity (Wildman–Crippen MR) is 99.1 cm³/mol. The van der Waals surface area contributed by atoms with Crippen LogP contribution in [-0.2, 0) is 21.5 Å². The van der Waals surface area contributed by atoms with E-state index in [4.69, 9.17) is 4.74 Å². The number of carbonyl (C=O) groups excluding carboxylic acids is 2. The number of hydrogen-bond donors (Lipinski definition) is 1. The van der Waals surface area contributed by atoms with Gasteiger partial charge >= 0.3 is 0 Å². The average molecular weight is 355 g/mol. The lowest BCUT2D eigenvalue weighted by Crippen LogP contribution is -2.66. The molecule has 0 radical (unpaired) electrons. The number of amides is 2. The molecule has 1 aromatic heterocycles. The lowest BCUT2D eigenvalue weighted by Gasteiger charge is -2.49. The van der Waals surface area contributed by atoms with E-state index in [0.717, 1.165) is 47.2 Å². The van der Waals surface area contributed by atoms with E-state index >= 15 is 0 Å². The molecule has 2 aromatic rings. The first-order valence-corrected chi connectivity index (χ1v) is 9.29. The molecule has 6 nitrogen and oxygen atoms in total.